The quantitative estimate of drug-likeness (QED) is 0.661. The van der Waals surface area contributed by atoms with Crippen molar-refractivity contribution in [3.63, 3.8) is 0 Å². The molecule has 0 aliphatic rings. The lowest BCUT2D eigenvalue weighted by atomic mass is 10.1. The maximum Gasteiger partial charge on any atom is 0.317 e. The van der Waals surface area contributed by atoms with Crippen molar-refractivity contribution >= 4 is 6.03 Å². The molecule has 7 nitrogen and oxygen atoms in total. The average Bonchev–Trinajstić information content (AvgIpc) is 2.76. The minimum Gasteiger partial charge on any atom is -0.493 e. The molecule has 0 aliphatic carbocycles. The Morgan fingerprint density at radius 3 is 1.76 bits per heavy atom. The van der Waals surface area contributed by atoms with Gasteiger partial charge in [0.2, 0.25) is 0 Å². The summed E-state index contributed by atoms with van der Waals surface area (Å²) in [6, 6.07) is 11.4. The van der Waals surface area contributed by atoms with Crippen molar-refractivity contribution < 1.29 is 23.7 Å². The number of hydrogen-bond donors (Lipinski definition) is 1. The fraction of sp³-hybridized carbons (Fsp3) is 0.409. The summed E-state index contributed by atoms with van der Waals surface area (Å²) in [5.74, 6) is 2.75. The fourth-order valence-corrected chi connectivity index (χ4v) is 2.92. The minimum atomic E-state index is -0.106. The number of amides is 2. The molecule has 0 bridgehead atoms. The molecule has 29 heavy (non-hydrogen) atoms. The Morgan fingerprint density at radius 2 is 1.28 bits per heavy atom. The van der Waals surface area contributed by atoms with Gasteiger partial charge in [-0.05, 0) is 48.2 Å². The van der Waals surface area contributed by atoms with E-state index in [0.717, 1.165) is 17.5 Å². The summed E-state index contributed by atoms with van der Waals surface area (Å²) in [5.41, 5.74) is 2.14. The van der Waals surface area contributed by atoms with Gasteiger partial charge in [-0.1, -0.05) is 12.1 Å². The monoisotopic (exact) mass is 402 g/mol. The van der Waals surface area contributed by atoms with Crippen LogP contribution in [0.15, 0.2) is 36.4 Å². The number of carbonyl (C=O) groups is 1. The Kier molecular flexibility index (Phi) is 8.45. The Balaban J connectivity index is 1.80. The van der Waals surface area contributed by atoms with Crippen LogP contribution in [0.5, 0.6) is 23.0 Å². The van der Waals surface area contributed by atoms with Gasteiger partial charge in [0, 0.05) is 20.1 Å². The summed E-state index contributed by atoms with van der Waals surface area (Å²) >= 11 is 0. The first kappa shape index (κ1) is 22.2. The highest BCUT2D eigenvalue weighted by molar-refractivity contribution is 5.73. The molecule has 1 N–H and O–H groups in total. The summed E-state index contributed by atoms with van der Waals surface area (Å²) in [7, 11) is 8.22. The lowest BCUT2D eigenvalue weighted by Crippen LogP contribution is -2.39. The van der Waals surface area contributed by atoms with Gasteiger partial charge in [0.15, 0.2) is 23.0 Å². The number of likely N-dealkylation sites (N-methyl/N-ethyl adjacent to an activating group) is 1. The van der Waals surface area contributed by atoms with E-state index in [-0.39, 0.29) is 6.03 Å². The number of benzene rings is 2. The molecule has 2 rings (SSSR count). The van der Waals surface area contributed by atoms with Gasteiger partial charge in [-0.2, -0.15) is 0 Å². The topological polar surface area (TPSA) is 69.3 Å². The van der Waals surface area contributed by atoms with Gasteiger partial charge in [0.25, 0.3) is 0 Å². The third kappa shape index (κ3) is 6.20. The van der Waals surface area contributed by atoms with Crippen LogP contribution in [0.1, 0.15) is 11.1 Å². The van der Waals surface area contributed by atoms with Crippen molar-refractivity contribution in [3.8, 4) is 23.0 Å². The largest absolute Gasteiger partial charge is 0.493 e. The lowest BCUT2D eigenvalue weighted by molar-refractivity contribution is 0.209. The maximum absolute atomic E-state index is 12.3. The summed E-state index contributed by atoms with van der Waals surface area (Å²) < 4.78 is 21.1. The Morgan fingerprint density at radius 1 is 0.793 bits per heavy atom. The lowest BCUT2D eigenvalue weighted by Gasteiger charge is -2.18. The minimum absolute atomic E-state index is 0.106. The van der Waals surface area contributed by atoms with Crippen molar-refractivity contribution in [1.82, 2.24) is 10.2 Å². The normalized spacial score (nSPS) is 10.2. The summed E-state index contributed by atoms with van der Waals surface area (Å²) in [5, 5.41) is 2.94. The van der Waals surface area contributed by atoms with Gasteiger partial charge >= 0.3 is 6.03 Å². The van der Waals surface area contributed by atoms with E-state index in [2.05, 4.69) is 5.32 Å². The van der Waals surface area contributed by atoms with Gasteiger partial charge in [-0.25, -0.2) is 4.79 Å². The summed E-state index contributed by atoms with van der Waals surface area (Å²) in [4.78, 5) is 14.0. The molecule has 2 amide bonds. The van der Waals surface area contributed by atoms with E-state index in [0.29, 0.717) is 42.5 Å². The van der Waals surface area contributed by atoms with Crippen molar-refractivity contribution in [3.05, 3.63) is 47.5 Å². The third-order valence-electron chi connectivity index (χ3n) is 4.67. The molecule has 158 valence electrons. The Bertz CT molecular complexity index is 810. The molecule has 0 aromatic heterocycles. The first-order valence-corrected chi connectivity index (χ1v) is 9.43. The number of rotatable bonds is 10. The van der Waals surface area contributed by atoms with E-state index in [1.807, 2.05) is 36.4 Å². The molecule has 2 aromatic rings. The smallest absolute Gasteiger partial charge is 0.317 e. The second-order valence-corrected chi connectivity index (χ2v) is 6.53. The first-order valence-electron chi connectivity index (χ1n) is 9.43. The van der Waals surface area contributed by atoms with E-state index in [4.69, 9.17) is 18.9 Å². The van der Waals surface area contributed by atoms with Gasteiger partial charge in [0.05, 0.1) is 28.4 Å². The zero-order valence-corrected chi connectivity index (χ0v) is 17.8. The SMILES string of the molecule is COc1ccc(CCNC(=O)N(C)CCc2ccc(OC)c(OC)c2)cc1OC. The second kappa shape index (κ2) is 11.0. The number of methoxy groups -OCH3 is 4. The van der Waals surface area contributed by atoms with E-state index in [9.17, 15) is 4.79 Å². The van der Waals surface area contributed by atoms with Crippen LogP contribution in [-0.4, -0.2) is 59.5 Å². The predicted octanol–water partition coefficient (Wildman–Crippen LogP) is 3.15. The molecule has 7 heteroatoms. The van der Waals surface area contributed by atoms with Gasteiger partial charge in [-0.3, -0.25) is 0 Å². The molecule has 0 fully saturated rings. The molecule has 0 atom stereocenters. The maximum atomic E-state index is 12.3. The van der Waals surface area contributed by atoms with Gasteiger partial charge in [0.1, 0.15) is 0 Å². The Hall–Kier alpha value is -3.09. The second-order valence-electron chi connectivity index (χ2n) is 6.53. The number of urea groups is 1. The van der Waals surface area contributed by atoms with Crippen molar-refractivity contribution in [2.75, 3.05) is 48.6 Å². The molecule has 0 radical (unpaired) electrons. The van der Waals surface area contributed by atoms with E-state index in [1.165, 1.54) is 0 Å². The van der Waals surface area contributed by atoms with Crippen molar-refractivity contribution in [2.45, 2.75) is 12.8 Å². The molecular formula is C22H30N2O5. The Labute approximate surface area is 172 Å². The van der Waals surface area contributed by atoms with Crippen LogP contribution in [-0.2, 0) is 12.8 Å². The molecule has 0 spiro atoms. The van der Waals surface area contributed by atoms with Gasteiger partial charge < -0.3 is 29.2 Å². The zero-order chi connectivity index (χ0) is 21.2. The van der Waals surface area contributed by atoms with Crippen LogP contribution >= 0.6 is 0 Å². The number of ether oxygens (including phenoxy) is 4. The number of hydrogen-bond acceptors (Lipinski definition) is 5. The highest BCUT2D eigenvalue weighted by Gasteiger charge is 2.10. The molecule has 0 unspecified atom stereocenters. The van der Waals surface area contributed by atoms with Crippen LogP contribution < -0.4 is 24.3 Å². The third-order valence-corrected chi connectivity index (χ3v) is 4.67. The zero-order valence-electron chi connectivity index (χ0n) is 17.8. The predicted molar refractivity (Wildman–Crippen MR) is 113 cm³/mol. The highest BCUT2D eigenvalue weighted by atomic mass is 16.5. The van der Waals surface area contributed by atoms with Crippen LogP contribution in [0, 0.1) is 0 Å². The fourth-order valence-electron chi connectivity index (χ4n) is 2.92. The first-order chi connectivity index (χ1) is 14.0. The molecular weight excluding hydrogens is 372 g/mol. The van der Waals surface area contributed by atoms with E-state index < -0.39 is 0 Å². The number of carbonyl (C=O) groups excluding carboxylic acids is 1. The molecule has 0 aliphatic heterocycles. The van der Waals surface area contributed by atoms with Crippen LogP contribution in [0.3, 0.4) is 0 Å². The van der Waals surface area contributed by atoms with Crippen molar-refractivity contribution in [2.24, 2.45) is 0 Å². The number of nitrogens with one attached hydrogen (secondary N) is 1. The van der Waals surface area contributed by atoms with E-state index in [1.54, 1.807) is 40.4 Å². The standard InChI is InChI=1S/C22H30N2O5/c1-24(13-11-17-7-9-19(27-3)21(15-17)29-5)22(25)23-12-10-16-6-8-18(26-2)20(14-16)28-4/h6-9,14-15H,10-13H2,1-5H3,(H,23,25). The number of nitrogens with zero attached hydrogens (tertiary/aromatic N) is 1. The summed E-state index contributed by atoms with van der Waals surface area (Å²) in [6.07, 6.45) is 1.43. The molecule has 0 saturated heterocycles. The van der Waals surface area contributed by atoms with Crippen molar-refractivity contribution in [1.29, 1.82) is 0 Å². The highest BCUT2D eigenvalue weighted by Crippen LogP contribution is 2.28. The molecule has 0 saturated carbocycles. The van der Waals surface area contributed by atoms with Crippen LogP contribution in [0.2, 0.25) is 0 Å². The molecule has 0 heterocycles. The average molecular weight is 402 g/mol. The van der Waals surface area contributed by atoms with Crippen LogP contribution in [0.25, 0.3) is 0 Å². The van der Waals surface area contributed by atoms with E-state index >= 15 is 0 Å². The summed E-state index contributed by atoms with van der Waals surface area (Å²) in [6.45, 7) is 1.13. The van der Waals surface area contributed by atoms with Crippen LogP contribution in [0.4, 0.5) is 4.79 Å². The molecule has 2 aromatic carbocycles. The van der Waals surface area contributed by atoms with Gasteiger partial charge in [-0.15, -0.1) is 0 Å².